The summed E-state index contributed by atoms with van der Waals surface area (Å²) in [5.41, 5.74) is 0. The average molecular weight is 389 g/mol. The molecule has 0 aromatic heterocycles. The van der Waals surface area contributed by atoms with Crippen molar-refractivity contribution in [3.05, 3.63) is 0 Å². The van der Waals surface area contributed by atoms with Crippen molar-refractivity contribution in [2.45, 2.75) is 104 Å². The Morgan fingerprint density at radius 1 is 0.538 bits per heavy atom. The molecule has 0 aliphatic carbocycles. The van der Waals surface area contributed by atoms with E-state index >= 15 is 0 Å². The molecule has 0 saturated heterocycles. The Morgan fingerprint density at radius 2 is 0.846 bits per heavy atom. The van der Waals surface area contributed by atoms with Gasteiger partial charge in [0.2, 0.25) is 0 Å². The Hall–Kier alpha value is 0.940. The molecule has 0 aliphatic rings. The van der Waals surface area contributed by atoms with Gasteiger partial charge < -0.3 is 9.47 Å². The Kier molecular flexibility index (Phi) is 31.6. The zero-order valence-corrected chi connectivity index (χ0v) is 21.9. The number of esters is 2. The summed E-state index contributed by atoms with van der Waals surface area (Å²) in [5, 5.41) is 0. The third-order valence-corrected chi connectivity index (χ3v) is 4.06. The number of hydrogen-bond donors (Lipinski definition) is 0. The molecule has 0 fully saturated rings. The number of carbonyl (C=O) groups excluding carboxylic acids is 2. The molecule has 0 heterocycles. The van der Waals surface area contributed by atoms with Gasteiger partial charge in [-0.2, -0.15) is 0 Å². The second-order valence-corrected chi connectivity index (χ2v) is 6.48. The zero-order chi connectivity index (χ0) is 17.9. The molecule has 0 aliphatic heterocycles. The molecule has 0 amide bonds. The van der Waals surface area contributed by atoms with E-state index in [9.17, 15) is 9.59 Å². The minimum absolute atomic E-state index is 0. The summed E-state index contributed by atoms with van der Waals surface area (Å²) in [5.74, 6) is -0.583. The van der Waals surface area contributed by atoms with E-state index in [4.69, 9.17) is 9.47 Å². The normalized spacial score (nSPS) is 9.77. The van der Waals surface area contributed by atoms with E-state index in [-0.39, 0.29) is 83.9 Å². The maximum Gasteiger partial charge on any atom is 0.306 e. The molecule has 2 radical (unpaired) electrons. The van der Waals surface area contributed by atoms with Crippen molar-refractivity contribution in [2.24, 2.45) is 0 Å². The molecule has 0 bridgehead atoms. The van der Waals surface area contributed by atoms with Crippen LogP contribution in [0.1, 0.15) is 104 Å². The summed E-state index contributed by atoms with van der Waals surface area (Å²) in [4.78, 5) is 23.1. The molecule has 0 atom stereocenters. The van der Waals surface area contributed by atoms with E-state index in [1.807, 2.05) is 0 Å². The van der Waals surface area contributed by atoms with Gasteiger partial charge in [-0.25, -0.2) is 0 Å². The van der Waals surface area contributed by atoms with E-state index < -0.39 is 0 Å². The van der Waals surface area contributed by atoms with Crippen LogP contribution >= 0.6 is 0 Å². The Morgan fingerprint density at radius 3 is 1.19 bits per heavy atom. The van der Waals surface area contributed by atoms with Crippen LogP contribution in [0, 0.1) is 0 Å². The van der Waals surface area contributed by atoms with Crippen molar-refractivity contribution in [1.82, 2.24) is 0 Å². The quantitative estimate of drug-likeness (QED) is 0.204. The molecule has 0 saturated carbocycles. The van der Waals surface area contributed by atoms with Gasteiger partial charge in [-0.3, -0.25) is 9.59 Å². The molecule has 0 aromatic rings. The van der Waals surface area contributed by atoms with E-state index in [1.165, 1.54) is 51.4 Å². The van der Waals surface area contributed by atoms with Crippen molar-refractivity contribution >= 4 is 71.1 Å². The van der Waals surface area contributed by atoms with Crippen molar-refractivity contribution in [3.8, 4) is 0 Å². The molecule has 0 N–H and O–H groups in total. The molecule has 0 rings (SSSR count). The van der Waals surface area contributed by atoms with Gasteiger partial charge in [-0.1, -0.05) is 78.1 Å². The summed E-state index contributed by atoms with van der Waals surface area (Å²) >= 11 is 0. The number of unbranched alkanes of at least 4 members (excludes halogenated alkanes) is 10. The first-order valence-corrected chi connectivity index (χ1v) is 10.0. The number of ether oxygens (including phenoxy) is 2. The first-order chi connectivity index (χ1) is 11.7. The van der Waals surface area contributed by atoms with Crippen molar-refractivity contribution in [1.29, 1.82) is 0 Å². The minimum Gasteiger partial charge on any atom is -0.466 e. The molecule has 0 spiro atoms. The molecule has 6 heteroatoms. The van der Waals surface area contributed by atoms with Crippen LogP contribution in [0.2, 0.25) is 0 Å². The third-order valence-electron chi connectivity index (χ3n) is 4.06. The smallest absolute Gasteiger partial charge is 0.306 e. The summed E-state index contributed by atoms with van der Waals surface area (Å²) in [6.45, 7) is 5.33. The fourth-order valence-electron chi connectivity index (χ4n) is 2.49. The topological polar surface area (TPSA) is 52.6 Å². The van der Waals surface area contributed by atoms with Crippen molar-refractivity contribution < 1.29 is 19.1 Å². The van der Waals surface area contributed by atoms with Crippen LogP contribution < -0.4 is 0 Å². The van der Waals surface area contributed by atoms with E-state index in [0.29, 0.717) is 13.2 Å². The van der Waals surface area contributed by atoms with Gasteiger partial charge in [0.25, 0.3) is 0 Å². The van der Waals surface area contributed by atoms with Crippen LogP contribution in [-0.2, 0) is 19.1 Å². The van der Waals surface area contributed by atoms with Crippen LogP contribution in [0.4, 0.5) is 0 Å². The maximum atomic E-state index is 11.5. The number of hydrogen-bond acceptors (Lipinski definition) is 4. The standard InChI is InChI=1S/C20H38O4.2Na/c1-3-5-7-9-11-13-17-23-19(21)15-16-20(22)24-18-14-12-10-8-6-4-2;;/h3-18H2,1-2H3;;. The van der Waals surface area contributed by atoms with Crippen molar-refractivity contribution in [3.63, 3.8) is 0 Å². The second kappa shape index (κ2) is 25.9. The van der Waals surface area contributed by atoms with Gasteiger partial charge in [0.05, 0.1) is 26.1 Å². The Bertz CT molecular complexity index is 282. The van der Waals surface area contributed by atoms with Crippen LogP contribution in [0.25, 0.3) is 0 Å². The largest absolute Gasteiger partial charge is 0.466 e. The van der Waals surface area contributed by atoms with Gasteiger partial charge in [0, 0.05) is 59.1 Å². The number of rotatable bonds is 17. The fourth-order valence-corrected chi connectivity index (χ4v) is 2.49. The summed E-state index contributed by atoms with van der Waals surface area (Å²) < 4.78 is 10.3. The first kappa shape index (κ1) is 31.6. The maximum absolute atomic E-state index is 11.5. The molecule has 0 aromatic carbocycles. The van der Waals surface area contributed by atoms with Crippen LogP contribution in [0.15, 0.2) is 0 Å². The summed E-state index contributed by atoms with van der Waals surface area (Å²) in [7, 11) is 0. The minimum atomic E-state index is -0.292. The molecular formula is C20H38Na2O4. The van der Waals surface area contributed by atoms with Crippen LogP contribution in [0.3, 0.4) is 0 Å². The van der Waals surface area contributed by atoms with E-state index in [0.717, 1.165) is 25.7 Å². The third kappa shape index (κ3) is 24.9. The van der Waals surface area contributed by atoms with E-state index in [1.54, 1.807) is 0 Å². The Labute approximate surface area is 205 Å². The zero-order valence-electron chi connectivity index (χ0n) is 17.9. The predicted octanol–water partition coefficient (Wildman–Crippen LogP) is 4.81. The van der Waals surface area contributed by atoms with Gasteiger partial charge >= 0.3 is 11.9 Å². The fraction of sp³-hybridized carbons (Fsp3) is 0.900. The van der Waals surface area contributed by atoms with Crippen LogP contribution in [-0.4, -0.2) is 84.3 Å². The van der Waals surface area contributed by atoms with Gasteiger partial charge in [-0.15, -0.1) is 0 Å². The second-order valence-electron chi connectivity index (χ2n) is 6.48. The average Bonchev–Trinajstić information content (AvgIpc) is 2.58. The van der Waals surface area contributed by atoms with Gasteiger partial charge in [0.1, 0.15) is 0 Å². The SMILES string of the molecule is CCCCCCCCOC(=O)CCC(=O)OCCCCCCCC.[Na].[Na]. The van der Waals surface area contributed by atoms with Gasteiger partial charge in [0.15, 0.2) is 0 Å². The molecular weight excluding hydrogens is 350 g/mol. The molecule has 0 unspecified atom stereocenters. The molecule has 4 nitrogen and oxygen atoms in total. The Balaban J connectivity index is -0.00000264. The van der Waals surface area contributed by atoms with Gasteiger partial charge in [-0.05, 0) is 12.8 Å². The van der Waals surface area contributed by atoms with Crippen molar-refractivity contribution in [2.75, 3.05) is 13.2 Å². The molecule has 144 valence electrons. The summed E-state index contributed by atoms with van der Waals surface area (Å²) in [6.07, 6.45) is 14.3. The van der Waals surface area contributed by atoms with E-state index in [2.05, 4.69) is 13.8 Å². The monoisotopic (exact) mass is 388 g/mol. The first-order valence-electron chi connectivity index (χ1n) is 10.0. The summed E-state index contributed by atoms with van der Waals surface area (Å²) in [6, 6.07) is 0. The predicted molar refractivity (Wildman–Crippen MR) is 109 cm³/mol. The molecule has 26 heavy (non-hydrogen) atoms. The van der Waals surface area contributed by atoms with Crippen LogP contribution in [0.5, 0.6) is 0 Å². The number of carbonyl (C=O) groups is 2.